The predicted octanol–water partition coefficient (Wildman–Crippen LogP) is 3.01. The Morgan fingerprint density at radius 1 is 1.13 bits per heavy atom. The molecule has 1 unspecified atom stereocenters. The van der Waals surface area contributed by atoms with Gasteiger partial charge in [-0.2, -0.15) is 5.10 Å². The molecule has 8 nitrogen and oxygen atoms in total. The lowest BCUT2D eigenvalue weighted by atomic mass is 10.0. The fraction of sp³-hybridized carbons (Fsp3) is 0.571. The first-order chi connectivity index (χ1) is 14.5. The Balaban J connectivity index is 1.36. The molecule has 9 heteroatoms. The number of hydrogen-bond acceptors (Lipinski definition) is 4. The van der Waals surface area contributed by atoms with Gasteiger partial charge in [0.25, 0.3) is 0 Å². The fourth-order valence-electron chi connectivity index (χ4n) is 5.52. The Hall–Kier alpha value is -2.26. The Kier molecular flexibility index (Phi) is 3.93. The van der Waals surface area contributed by atoms with Crippen molar-refractivity contribution in [3.8, 4) is 0 Å². The highest BCUT2D eigenvalue weighted by molar-refractivity contribution is 7.91. The molecule has 3 aliphatic carbocycles. The second-order valence-electron chi connectivity index (χ2n) is 9.10. The first kappa shape index (κ1) is 18.5. The smallest absolute Gasteiger partial charge is 0.305 e. The molecule has 0 radical (unpaired) electrons. The largest absolute Gasteiger partial charge is 0.354 e. The Bertz CT molecular complexity index is 1200. The maximum Gasteiger partial charge on any atom is 0.354 e. The minimum atomic E-state index is -3.35. The number of nitrogens with zero attached hydrogens (tertiary/aromatic N) is 4. The zero-order valence-corrected chi connectivity index (χ0v) is 17.8. The molecule has 0 aromatic carbocycles. The third kappa shape index (κ3) is 2.75. The Morgan fingerprint density at radius 3 is 2.83 bits per heavy atom. The zero-order valence-electron chi connectivity index (χ0n) is 16.9. The number of carbonyl (C=O) groups is 1. The van der Waals surface area contributed by atoms with E-state index in [1.165, 1.54) is 24.7 Å². The van der Waals surface area contributed by atoms with Crippen LogP contribution in [0.5, 0.6) is 0 Å². The summed E-state index contributed by atoms with van der Waals surface area (Å²) in [6.07, 6.45) is 11.6. The molecule has 1 atom stereocenters. The van der Waals surface area contributed by atoms with Gasteiger partial charge in [0, 0.05) is 17.7 Å². The molecule has 30 heavy (non-hydrogen) atoms. The molecule has 3 N–H and O–H groups in total. The van der Waals surface area contributed by atoms with Crippen LogP contribution in [0.2, 0.25) is 0 Å². The molecular formula is C21H26N6O2S. The summed E-state index contributed by atoms with van der Waals surface area (Å²) in [6, 6.07) is -0.641. The third-order valence-electron chi connectivity index (χ3n) is 7.24. The fourth-order valence-corrected chi connectivity index (χ4v) is 6.65. The number of rotatable bonds is 2. The van der Waals surface area contributed by atoms with Crippen LogP contribution < -0.4 is 10.5 Å². The van der Waals surface area contributed by atoms with Crippen LogP contribution in [-0.4, -0.2) is 25.0 Å². The second kappa shape index (κ2) is 6.37. The van der Waals surface area contributed by atoms with Crippen LogP contribution >= 0.6 is 0 Å². The van der Waals surface area contributed by atoms with Gasteiger partial charge in [-0.15, -0.1) is 4.36 Å². The summed E-state index contributed by atoms with van der Waals surface area (Å²) in [5.41, 5.74) is 6.50. The van der Waals surface area contributed by atoms with Crippen LogP contribution in [0.4, 0.5) is 10.5 Å². The van der Waals surface area contributed by atoms with Gasteiger partial charge in [-0.1, -0.05) is 0 Å². The molecule has 1 saturated carbocycles. The number of anilines is 1. The van der Waals surface area contributed by atoms with Gasteiger partial charge in [-0.05, 0) is 75.3 Å². The quantitative estimate of drug-likeness (QED) is 0.768. The van der Waals surface area contributed by atoms with E-state index in [9.17, 15) is 9.00 Å². The van der Waals surface area contributed by atoms with Crippen molar-refractivity contribution in [1.29, 1.82) is 0 Å². The highest BCUT2D eigenvalue weighted by atomic mass is 32.2. The van der Waals surface area contributed by atoms with E-state index in [0.717, 1.165) is 86.1 Å². The van der Waals surface area contributed by atoms with Gasteiger partial charge in [-0.3, -0.25) is 9.67 Å². The first-order valence-corrected chi connectivity index (χ1v) is 12.5. The van der Waals surface area contributed by atoms with Crippen molar-refractivity contribution in [3.63, 3.8) is 0 Å². The maximum atomic E-state index is 13.2. The topological polar surface area (TPSA) is 115 Å². The van der Waals surface area contributed by atoms with Gasteiger partial charge >= 0.3 is 6.03 Å². The summed E-state index contributed by atoms with van der Waals surface area (Å²) in [6.45, 7) is 0.786. The number of amides is 2. The molecule has 1 aliphatic heterocycles. The van der Waals surface area contributed by atoms with Crippen LogP contribution in [0.15, 0.2) is 15.5 Å². The van der Waals surface area contributed by atoms with E-state index < -0.39 is 15.9 Å². The summed E-state index contributed by atoms with van der Waals surface area (Å²) < 4.78 is 19.0. The molecular weight excluding hydrogens is 400 g/mol. The van der Waals surface area contributed by atoms with Crippen molar-refractivity contribution >= 4 is 21.6 Å². The molecule has 2 aromatic rings. The van der Waals surface area contributed by atoms with Crippen molar-refractivity contribution in [2.24, 2.45) is 9.50 Å². The van der Waals surface area contributed by atoms with E-state index in [1.54, 1.807) is 0 Å². The van der Waals surface area contributed by atoms with Crippen molar-refractivity contribution < 1.29 is 9.00 Å². The predicted molar refractivity (Wildman–Crippen MR) is 113 cm³/mol. The average Bonchev–Trinajstić information content (AvgIpc) is 3.06. The second-order valence-corrected chi connectivity index (χ2v) is 10.9. The molecule has 1 fully saturated rings. The average molecular weight is 427 g/mol. The maximum absolute atomic E-state index is 13.2. The lowest BCUT2D eigenvalue weighted by Crippen LogP contribution is -2.21. The molecule has 3 heterocycles. The van der Waals surface area contributed by atoms with E-state index in [4.69, 9.17) is 10.1 Å². The normalized spacial score (nSPS) is 22.2. The summed E-state index contributed by atoms with van der Waals surface area (Å²) in [5.74, 6) is 0. The first-order valence-electron chi connectivity index (χ1n) is 10.9. The SMILES string of the molecule is NS(=O)(=NC(=O)Nc1c2c(nc3c1CCC31CC1)CCC2)c1cnn2c1CCCC2. The monoisotopic (exact) mass is 426 g/mol. The molecule has 4 aliphatic rings. The standard InChI is InChI=1S/C21H26N6O2S/c22-30(29,17-12-23-27-11-2-1-6-16(17)27)26-20(28)25-18-13-4-3-5-15(13)24-19-14(18)7-8-21(19)9-10-21/h12H,1-11H2,(H3,22,24,25,26,28,29). The number of pyridine rings is 1. The summed E-state index contributed by atoms with van der Waals surface area (Å²) in [7, 11) is -3.35. The van der Waals surface area contributed by atoms with Gasteiger partial charge in [0.15, 0.2) is 0 Å². The Labute approximate surface area is 176 Å². The zero-order chi connectivity index (χ0) is 20.5. The van der Waals surface area contributed by atoms with Crippen LogP contribution in [0.1, 0.15) is 66.7 Å². The van der Waals surface area contributed by atoms with Crippen LogP contribution in [0.25, 0.3) is 0 Å². The number of urea groups is 1. The Morgan fingerprint density at radius 2 is 2.00 bits per heavy atom. The molecule has 2 aromatic heterocycles. The van der Waals surface area contributed by atoms with Gasteiger partial charge < -0.3 is 5.32 Å². The van der Waals surface area contributed by atoms with E-state index in [-0.39, 0.29) is 5.41 Å². The van der Waals surface area contributed by atoms with Gasteiger partial charge in [0.05, 0.1) is 23.3 Å². The lowest BCUT2D eigenvalue weighted by molar-refractivity contribution is 0.260. The number of aromatic nitrogens is 3. The summed E-state index contributed by atoms with van der Waals surface area (Å²) in [5, 5.41) is 13.3. The number of nitrogens with two attached hydrogens (primary N) is 1. The van der Waals surface area contributed by atoms with Crippen LogP contribution in [0.3, 0.4) is 0 Å². The number of fused-ring (bicyclic) bond motifs is 4. The van der Waals surface area contributed by atoms with Gasteiger partial charge in [0.1, 0.15) is 14.8 Å². The summed E-state index contributed by atoms with van der Waals surface area (Å²) in [4.78, 5) is 18.3. The number of aryl methyl sites for hydroxylation is 2. The van der Waals surface area contributed by atoms with E-state index >= 15 is 0 Å². The molecule has 6 rings (SSSR count). The molecule has 1 spiro atoms. The number of hydrogen-bond donors (Lipinski definition) is 2. The molecule has 2 amide bonds. The van der Waals surface area contributed by atoms with Crippen LogP contribution in [0, 0.1) is 0 Å². The van der Waals surface area contributed by atoms with E-state index in [1.807, 2.05) is 4.68 Å². The van der Waals surface area contributed by atoms with Crippen molar-refractivity contribution in [2.45, 2.75) is 81.1 Å². The van der Waals surface area contributed by atoms with E-state index in [0.29, 0.717) is 4.90 Å². The number of nitrogens with one attached hydrogen (secondary N) is 1. The molecule has 158 valence electrons. The summed E-state index contributed by atoms with van der Waals surface area (Å²) >= 11 is 0. The van der Waals surface area contributed by atoms with Gasteiger partial charge in [0.2, 0.25) is 0 Å². The number of carbonyl (C=O) groups excluding carboxylic acids is 1. The minimum absolute atomic E-state index is 0.238. The molecule has 0 bridgehead atoms. The molecule has 0 saturated heterocycles. The van der Waals surface area contributed by atoms with Gasteiger partial charge in [-0.25, -0.2) is 14.1 Å². The third-order valence-corrected chi connectivity index (χ3v) is 8.65. The van der Waals surface area contributed by atoms with Crippen molar-refractivity contribution in [2.75, 3.05) is 5.32 Å². The highest BCUT2D eigenvalue weighted by Gasteiger charge is 2.51. The van der Waals surface area contributed by atoms with Crippen molar-refractivity contribution in [1.82, 2.24) is 14.8 Å². The van der Waals surface area contributed by atoms with Crippen molar-refractivity contribution in [3.05, 3.63) is 34.4 Å². The van der Waals surface area contributed by atoms with E-state index in [2.05, 4.69) is 14.8 Å². The highest BCUT2D eigenvalue weighted by Crippen LogP contribution is 2.58. The lowest BCUT2D eigenvalue weighted by Gasteiger charge is -2.16. The van der Waals surface area contributed by atoms with Crippen LogP contribution in [-0.2, 0) is 47.6 Å². The minimum Gasteiger partial charge on any atom is -0.305 e.